The first-order valence-corrected chi connectivity index (χ1v) is 10.5. The van der Waals surface area contributed by atoms with Gasteiger partial charge >= 0.3 is 29.6 Å². The number of anilines is 1. The van der Waals surface area contributed by atoms with Crippen molar-refractivity contribution in [1.29, 1.82) is 0 Å². The number of aromatic carboxylic acids is 1. The molecule has 0 radical (unpaired) electrons. The molecule has 4 nitrogen and oxygen atoms in total. The minimum absolute atomic E-state index is 0. The molecule has 0 unspecified atom stereocenters. The van der Waals surface area contributed by atoms with Crippen molar-refractivity contribution in [3.63, 3.8) is 0 Å². The van der Waals surface area contributed by atoms with Crippen LogP contribution in [0.1, 0.15) is 39.0 Å². The van der Waals surface area contributed by atoms with Gasteiger partial charge in [0.1, 0.15) is 18.2 Å². The summed E-state index contributed by atoms with van der Waals surface area (Å²) < 4.78 is 20.1. The van der Waals surface area contributed by atoms with Gasteiger partial charge in [0, 0.05) is 40.5 Å². The predicted molar refractivity (Wildman–Crippen MR) is 117 cm³/mol. The number of carboxylic acid groups (broad SMARTS) is 1. The first kappa shape index (κ1) is 24.6. The van der Waals surface area contributed by atoms with E-state index in [0.29, 0.717) is 29.3 Å². The molecule has 0 aromatic heterocycles. The number of hydrogen-bond acceptors (Lipinski definition) is 4. The van der Waals surface area contributed by atoms with Crippen LogP contribution >= 0.6 is 11.6 Å². The van der Waals surface area contributed by atoms with Gasteiger partial charge in [0.25, 0.3) is 0 Å². The Morgan fingerprint density at radius 3 is 2.72 bits per heavy atom. The summed E-state index contributed by atoms with van der Waals surface area (Å²) in [6, 6.07) is 15.7. The van der Waals surface area contributed by atoms with Crippen LogP contribution in [0.25, 0.3) is 0 Å². The van der Waals surface area contributed by atoms with Crippen LogP contribution in [0.5, 0.6) is 5.75 Å². The zero-order valence-corrected chi connectivity index (χ0v) is 20.9. The van der Waals surface area contributed by atoms with Gasteiger partial charge in [0.15, 0.2) is 0 Å². The standard InChI is InChI=1S/C25H23ClFNO3.Na/c1-16-7-10-24(31-15-17-8-9-19(26)13-22(17)27)18(12-16)14-28-11-3-5-20-21(25(29)30)4-2-6-23(20)28;/h2,4,6-10,12-13H,3,5,11,14-15H2,1H3,(H,29,30);/q;+1/p-1. The molecule has 0 spiro atoms. The molecule has 0 saturated carbocycles. The molecule has 1 aliphatic heterocycles. The van der Waals surface area contributed by atoms with Gasteiger partial charge < -0.3 is 19.5 Å². The Labute approximate surface area is 214 Å². The van der Waals surface area contributed by atoms with Crippen molar-refractivity contribution in [2.24, 2.45) is 0 Å². The average Bonchev–Trinajstić information content (AvgIpc) is 2.74. The number of hydrogen-bond donors (Lipinski definition) is 0. The maximum Gasteiger partial charge on any atom is 1.00 e. The number of halogens is 2. The van der Waals surface area contributed by atoms with Gasteiger partial charge in [-0.1, -0.05) is 47.5 Å². The van der Waals surface area contributed by atoms with Crippen molar-refractivity contribution >= 4 is 23.3 Å². The van der Waals surface area contributed by atoms with E-state index in [1.54, 1.807) is 24.3 Å². The second-order valence-corrected chi connectivity index (χ2v) is 8.19. The Bertz CT molecular complexity index is 1140. The fourth-order valence-corrected chi connectivity index (χ4v) is 4.19. The molecule has 160 valence electrons. The van der Waals surface area contributed by atoms with Crippen LogP contribution < -0.4 is 44.3 Å². The van der Waals surface area contributed by atoms with E-state index in [4.69, 9.17) is 16.3 Å². The van der Waals surface area contributed by atoms with E-state index in [0.717, 1.165) is 35.3 Å². The van der Waals surface area contributed by atoms with E-state index in [1.165, 1.54) is 6.07 Å². The number of carbonyl (C=O) groups is 1. The number of ether oxygens (including phenoxy) is 1. The Balaban J connectivity index is 0.00000289. The van der Waals surface area contributed by atoms with Crippen LogP contribution in [0, 0.1) is 12.7 Å². The third kappa shape index (κ3) is 5.46. The van der Waals surface area contributed by atoms with E-state index >= 15 is 0 Å². The summed E-state index contributed by atoms with van der Waals surface area (Å²) in [6.45, 7) is 3.46. The second-order valence-electron chi connectivity index (χ2n) is 7.75. The molecule has 0 aliphatic carbocycles. The van der Waals surface area contributed by atoms with Gasteiger partial charge in [0.05, 0.1) is 5.97 Å². The van der Waals surface area contributed by atoms with Crippen LogP contribution in [0.3, 0.4) is 0 Å². The number of fused-ring (bicyclic) bond motifs is 1. The minimum Gasteiger partial charge on any atom is -0.545 e. The van der Waals surface area contributed by atoms with Crippen molar-refractivity contribution in [2.75, 3.05) is 11.4 Å². The van der Waals surface area contributed by atoms with Gasteiger partial charge in [-0.05, 0) is 49.6 Å². The van der Waals surface area contributed by atoms with Gasteiger partial charge in [-0.3, -0.25) is 0 Å². The predicted octanol–water partition coefficient (Wildman–Crippen LogP) is 1.69. The molecule has 0 N–H and O–H groups in total. The molecule has 0 bridgehead atoms. The second kappa shape index (κ2) is 10.7. The third-order valence-corrected chi connectivity index (χ3v) is 5.78. The van der Waals surface area contributed by atoms with E-state index in [9.17, 15) is 14.3 Å². The largest absolute Gasteiger partial charge is 1.00 e. The molecule has 0 amide bonds. The van der Waals surface area contributed by atoms with Crippen molar-refractivity contribution in [3.05, 3.63) is 93.3 Å². The van der Waals surface area contributed by atoms with E-state index in [2.05, 4.69) is 4.90 Å². The summed E-state index contributed by atoms with van der Waals surface area (Å²) in [6.07, 6.45) is 1.57. The average molecular weight is 462 g/mol. The molecule has 3 aromatic carbocycles. The summed E-state index contributed by atoms with van der Waals surface area (Å²) in [7, 11) is 0. The zero-order chi connectivity index (χ0) is 22.0. The smallest absolute Gasteiger partial charge is 0.545 e. The Kier molecular flexibility index (Phi) is 8.23. The van der Waals surface area contributed by atoms with E-state index in [1.807, 2.05) is 31.2 Å². The molecule has 3 aromatic rings. The molecule has 0 atom stereocenters. The molecule has 7 heteroatoms. The van der Waals surface area contributed by atoms with Crippen molar-refractivity contribution in [1.82, 2.24) is 0 Å². The number of rotatable bonds is 6. The molecule has 0 fully saturated rings. The molecular weight excluding hydrogens is 440 g/mol. The molecule has 0 saturated heterocycles. The number of benzene rings is 3. The number of carbonyl (C=O) groups excluding carboxylic acids is 1. The third-order valence-electron chi connectivity index (χ3n) is 5.54. The summed E-state index contributed by atoms with van der Waals surface area (Å²) in [5.74, 6) is -0.882. The van der Waals surface area contributed by atoms with Crippen molar-refractivity contribution in [3.8, 4) is 5.75 Å². The van der Waals surface area contributed by atoms with Gasteiger partial charge in [0.2, 0.25) is 0 Å². The van der Waals surface area contributed by atoms with Crippen LogP contribution in [-0.4, -0.2) is 12.5 Å². The summed E-state index contributed by atoms with van der Waals surface area (Å²) in [5, 5.41) is 11.9. The first-order valence-electron chi connectivity index (χ1n) is 10.2. The van der Waals surface area contributed by atoms with E-state index < -0.39 is 11.8 Å². The molecular formula is C25H22ClFNNaO3. The molecule has 4 rings (SSSR count). The van der Waals surface area contributed by atoms with E-state index in [-0.39, 0.29) is 41.7 Å². The summed E-state index contributed by atoms with van der Waals surface area (Å²) >= 11 is 5.83. The Morgan fingerprint density at radius 1 is 1.16 bits per heavy atom. The fourth-order valence-electron chi connectivity index (χ4n) is 4.03. The molecule has 1 heterocycles. The normalized spacial score (nSPS) is 12.7. The van der Waals surface area contributed by atoms with Gasteiger partial charge in [-0.2, -0.15) is 0 Å². The van der Waals surface area contributed by atoms with Gasteiger partial charge in [-0.25, -0.2) is 4.39 Å². The van der Waals surface area contributed by atoms with Crippen molar-refractivity contribution in [2.45, 2.75) is 32.9 Å². The summed E-state index contributed by atoms with van der Waals surface area (Å²) in [5.41, 5.74) is 4.44. The Morgan fingerprint density at radius 2 is 1.97 bits per heavy atom. The number of aryl methyl sites for hydroxylation is 1. The summed E-state index contributed by atoms with van der Waals surface area (Å²) in [4.78, 5) is 13.7. The van der Waals surface area contributed by atoms with Crippen LogP contribution in [-0.2, 0) is 19.6 Å². The van der Waals surface area contributed by atoms with Crippen molar-refractivity contribution < 1.29 is 48.6 Å². The minimum atomic E-state index is -1.15. The van der Waals surface area contributed by atoms with Gasteiger partial charge in [-0.15, -0.1) is 0 Å². The van der Waals surface area contributed by atoms with Crippen LogP contribution in [0.2, 0.25) is 5.02 Å². The first-order chi connectivity index (χ1) is 14.9. The van der Waals surface area contributed by atoms with Crippen LogP contribution in [0.15, 0.2) is 54.6 Å². The fraction of sp³-hybridized carbons (Fsp3) is 0.240. The topological polar surface area (TPSA) is 52.6 Å². The zero-order valence-electron chi connectivity index (χ0n) is 18.2. The monoisotopic (exact) mass is 461 g/mol. The molecule has 32 heavy (non-hydrogen) atoms. The van der Waals surface area contributed by atoms with Crippen LogP contribution in [0.4, 0.5) is 10.1 Å². The Hall–Kier alpha value is -2.05. The number of carboxylic acids is 1. The number of nitrogens with zero attached hydrogens (tertiary/aromatic N) is 1. The maximum absolute atomic E-state index is 14.1. The quantitative estimate of drug-likeness (QED) is 0.524. The SMILES string of the molecule is Cc1ccc(OCc2ccc(Cl)cc2F)c(CN2CCCc3c(C(=O)[O-])cccc32)c1.[Na+]. The maximum atomic E-state index is 14.1. The molecule has 1 aliphatic rings.